The van der Waals surface area contributed by atoms with Crippen LogP contribution >= 0.6 is 11.6 Å². The third-order valence-corrected chi connectivity index (χ3v) is 2.88. The first-order valence-electron chi connectivity index (χ1n) is 5.61. The fraction of sp³-hybridized carbons (Fsp3) is 0.462. The normalized spacial score (nSPS) is 12.3. The first-order valence-corrected chi connectivity index (χ1v) is 5.99. The van der Waals surface area contributed by atoms with Crippen LogP contribution in [-0.4, -0.2) is 35.6 Å². The molecule has 0 saturated heterocycles. The second kappa shape index (κ2) is 6.03. The molecule has 0 fully saturated rings. The van der Waals surface area contributed by atoms with Crippen LogP contribution in [0.15, 0.2) is 18.2 Å². The highest BCUT2D eigenvalue weighted by Crippen LogP contribution is 2.16. The van der Waals surface area contributed by atoms with Gasteiger partial charge in [0, 0.05) is 24.2 Å². The first kappa shape index (κ1) is 14.0. The molecule has 1 rings (SSSR count). The average molecular weight is 256 g/mol. The summed E-state index contributed by atoms with van der Waals surface area (Å²) in [5, 5.41) is 9.82. The van der Waals surface area contributed by atoms with Crippen molar-refractivity contribution in [3.05, 3.63) is 34.3 Å². The number of aryl methyl sites for hydroxylation is 1. The molecule has 0 aliphatic heterocycles. The number of halogens is 1. The molecule has 0 bridgehead atoms. The lowest BCUT2D eigenvalue weighted by molar-refractivity contribution is 0.0768. The largest absolute Gasteiger partial charge is 0.393 e. The molecule has 1 aromatic rings. The van der Waals surface area contributed by atoms with Crippen molar-refractivity contribution in [2.75, 3.05) is 13.6 Å². The highest BCUT2D eigenvalue weighted by molar-refractivity contribution is 6.30. The summed E-state index contributed by atoms with van der Waals surface area (Å²) in [6, 6.07) is 5.22. The van der Waals surface area contributed by atoms with E-state index < -0.39 is 6.10 Å². The van der Waals surface area contributed by atoms with Crippen molar-refractivity contribution in [1.29, 1.82) is 0 Å². The van der Waals surface area contributed by atoms with Gasteiger partial charge in [-0.25, -0.2) is 0 Å². The van der Waals surface area contributed by atoms with Gasteiger partial charge in [-0.15, -0.1) is 0 Å². The molecule has 0 saturated carbocycles. The Morgan fingerprint density at radius 3 is 2.71 bits per heavy atom. The van der Waals surface area contributed by atoms with Crippen molar-refractivity contribution in [1.82, 2.24) is 4.90 Å². The minimum Gasteiger partial charge on any atom is -0.393 e. The smallest absolute Gasteiger partial charge is 0.253 e. The topological polar surface area (TPSA) is 40.5 Å². The van der Waals surface area contributed by atoms with Gasteiger partial charge < -0.3 is 10.0 Å². The van der Waals surface area contributed by atoms with Crippen LogP contribution in [0, 0.1) is 6.92 Å². The van der Waals surface area contributed by atoms with Gasteiger partial charge in [-0.05, 0) is 44.0 Å². The number of aliphatic hydroxyl groups excluding tert-OH is 1. The zero-order valence-corrected chi connectivity index (χ0v) is 11.2. The molecule has 94 valence electrons. The number of hydrogen-bond acceptors (Lipinski definition) is 2. The molecular formula is C13H18ClNO2. The van der Waals surface area contributed by atoms with Crippen LogP contribution in [0.5, 0.6) is 0 Å². The Balaban J connectivity index is 2.75. The molecule has 17 heavy (non-hydrogen) atoms. The highest BCUT2D eigenvalue weighted by atomic mass is 35.5. The minimum absolute atomic E-state index is 0.0418. The maximum absolute atomic E-state index is 12.1. The van der Waals surface area contributed by atoms with E-state index in [2.05, 4.69) is 0 Å². The molecule has 0 aliphatic carbocycles. The molecule has 1 N–H and O–H groups in total. The number of carbonyl (C=O) groups is 1. The SMILES string of the molecule is Cc1cc(Cl)ccc1C(=O)N(C)CCC(C)O. The minimum atomic E-state index is -0.392. The van der Waals surface area contributed by atoms with E-state index in [-0.39, 0.29) is 5.91 Å². The lowest BCUT2D eigenvalue weighted by atomic mass is 10.1. The number of hydrogen-bond donors (Lipinski definition) is 1. The lowest BCUT2D eigenvalue weighted by Gasteiger charge is -2.19. The Morgan fingerprint density at radius 1 is 1.53 bits per heavy atom. The number of carbonyl (C=O) groups excluding carboxylic acids is 1. The molecule has 0 heterocycles. The van der Waals surface area contributed by atoms with E-state index in [1.54, 1.807) is 37.1 Å². The van der Waals surface area contributed by atoms with Crippen molar-refractivity contribution < 1.29 is 9.90 Å². The van der Waals surface area contributed by atoms with Gasteiger partial charge in [0.05, 0.1) is 6.10 Å². The van der Waals surface area contributed by atoms with E-state index in [1.807, 2.05) is 6.92 Å². The second-order valence-electron chi connectivity index (χ2n) is 4.32. The third-order valence-electron chi connectivity index (χ3n) is 2.65. The molecule has 0 aliphatic rings. The van der Waals surface area contributed by atoms with Crippen LogP contribution in [0.2, 0.25) is 5.02 Å². The molecule has 3 nitrogen and oxygen atoms in total. The van der Waals surface area contributed by atoms with Gasteiger partial charge in [0.1, 0.15) is 0 Å². The molecule has 0 aromatic heterocycles. The number of amides is 1. The standard InChI is InChI=1S/C13H18ClNO2/c1-9-8-11(14)4-5-12(9)13(17)15(3)7-6-10(2)16/h4-5,8,10,16H,6-7H2,1-3H3. The molecular weight excluding hydrogens is 238 g/mol. The summed E-state index contributed by atoms with van der Waals surface area (Å²) in [5.41, 5.74) is 1.52. The van der Waals surface area contributed by atoms with E-state index in [9.17, 15) is 9.90 Å². The third kappa shape index (κ3) is 4.02. The van der Waals surface area contributed by atoms with Crippen LogP contribution in [0.1, 0.15) is 29.3 Å². The molecule has 1 atom stereocenters. The van der Waals surface area contributed by atoms with Crippen molar-refractivity contribution >= 4 is 17.5 Å². The van der Waals surface area contributed by atoms with E-state index in [0.717, 1.165) is 5.56 Å². The number of nitrogens with zero attached hydrogens (tertiary/aromatic N) is 1. The van der Waals surface area contributed by atoms with Gasteiger partial charge in [-0.3, -0.25) is 4.79 Å². The zero-order chi connectivity index (χ0) is 13.0. The maximum atomic E-state index is 12.1. The Hall–Kier alpha value is -1.06. The monoisotopic (exact) mass is 255 g/mol. The van der Waals surface area contributed by atoms with Gasteiger partial charge in [-0.1, -0.05) is 11.6 Å². The van der Waals surface area contributed by atoms with Crippen molar-refractivity contribution in [3.8, 4) is 0 Å². The second-order valence-corrected chi connectivity index (χ2v) is 4.76. The Morgan fingerprint density at radius 2 is 2.18 bits per heavy atom. The van der Waals surface area contributed by atoms with Crippen LogP contribution < -0.4 is 0 Å². The molecule has 1 amide bonds. The summed E-state index contributed by atoms with van der Waals surface area (Å²) in [6.45, 7) is 4.12. The van der Waals surface area contributed by atoms with E-state index in [1.165, 1.54) is 0 Å². The van der Waals surface area contributed by atoms with E-state index in [4.69, 9.17) is 11.6 Å². The van der Waals surface area contributed by atoms with Gasteiger partial charge in [0.2, 0.25) is 0 Å². The van der Waals surface area contributed by atoms with Crippen LogP contribution in [0.3, 0.4) is 0 Å². The van der Waals surface area contributed by atoms with Crippen LogP contribution in [0.25, 0.3) is 0 Å². The van der Waals surface area contributed by atoms with E-state index in [0.29, 0.717) is 23.6 Å². The summed E-state index contributed by atoms with van der Waals surface area (Å²) in [7, 11) is 1.73. The fourth-order valence-corrected chi connectivity index (χ4v) is 1.78. The summed E-state index contributed by atoms with van der Waals surface area (Å²) >= 11 is 5.85. The Labute approximate surface area is 107 Å². The molecule has 0 spiro atoms. The first-order chi connectivity index (χ1) is 7.91. The number of aliphatic hydroxyl groups is 1. The maximum Gasteiger partial charge on any atom is 0.253 e. The molecule has 4 heteroatoms. The van der Waals surface area contributed by atoms with Crippen LogP contribution in [-0.2, 0) is 0 Å². The van der Waals surface area contributed by atoms with Crippen molar-refractivity contribution in [2.45, 2.75) is 26.4 Å². The van der Waals surface area contributed by atoms with Gasteiger partial charge >= 0.3 is 0 Å². The number of benzene rings is 1. The quantitative estimate of drug-likeness (QED) is 0.898. The van der Waals surface area contributed by atoms with Gasteiger partial charge in [0.15, 0.2) is 0 Å². The summed E-state index contributed by atoms with van der Waals surface area (Å²) in [4.78, 5) is 13.7. The Kier molecular flexibility index (Phi) is 4.97. The average Bonchev–Trinajstić information content (AvgIpc) is 2.25. The van der Waals surface area contributed by atoms with Gasteiger partial charge in [-0.2, -0.15) is 0 Å². The number of rotatable bonds is 4. The van der Waals surface area contributed by atoms with E-state index >= 15 is 0 Å². The lowest BCUT2D eigenvalue weighted by Crippen LogP contribution is -2.29. The van der Waals surface area contributed by atoms with Crippen molar-refractivity contribution in [3.63, 3.8) is 0 Å². The van der Waals surface area contributed by atoms with Gasteiger partial charge in [0.25, 0.3) is 5.91 Å². The zero-order valence-electron chi connectivity index (χ0n) is 10.4. The fourth-order valence-electron chi connectivity index (χ4n) is 1.55. The highest BCUT2D eigenvalue weighted by Gasteiger charge is 2.14. The predicted octanol–water partition coefficient (Wildman–Crippen LogP) is 2.49. The van der Waals surface area contributed by atoms with Crippen LogP contribution in [0.4, 0.5) is 0 Å². The summed E-state index contributed by atoms with van der Waals surface area (Å²) < 4.78 is 0. The van der Waals surface area contributed by atoms with Crippen molar-refractivity contribution in [2.24, 2.45) is 0 Å². The predicted molar refractivity (Wildman–Crippen MR) is 69.4 cm³/mol. The Bertz CT molecular complexity index is 404. The summed E-state index contributed by atoms with van der Waals surface area (Å²) in [5.74, 6) is -0.0418. The molecule has 1 unspecified atom stereocenters. The summed E-state index contributed by atoms with van der Waals surface area (Å²) in [6.07, 6.45) is 0.186. The molecule has 1 aromatic carbocycles. The molecule has 0 radical (unpaired) electrons.